The average Bonchev–Trinajstić information content (AvgIpc) is 3.25. The molecule has 2 aromatic heterocycles. The number of rotatable bonds is 7. The summed E-state index contributed by atoms with van der Waals surface area (Å²) in [6.07, 6.45) is 1.61. The number of benzene rings is 1. The minimum absolute atomic E-state index is 0.0552. The molecule has 0 aliphatic carbocycles. The van der Waals surface area contributed by atoms with Gasteiger partial charge in [0, 0.05) is 0 Å². The molecule has 0 aliphatic heterocycles. The van der Waals surface area contributed by atoms with Crippen LogP contribution in [-0.4, -0.2) is 32.0 Å². The molecule has 0 unspecified atom stereocenters. The molecule has 0 aliphatic rings. The number of aromatic nitrogens is 3. The lowest BCUT2D eigenvalue weighted by Crippen LogP contribution is -2.42. The second kappa shape index (κ2) is 8.95. The van der Waals surface area contributed by atoms with Crippen LogP contribution in [0.25, 0.3) is 11.4 Å². The summed E-state index contributed by atoms with van der Waals surface area (Å²) in [7, 11) is 0. The first-order valence-electron chi connectivity index (χ1n) is 9.15. The Labute approximate surface area is 172 Å². The largest absolute Gasteiger partial charge is 0.469 e. The molecule has 0 fully saturated rings. The molecule has 8 nitrogen and oxygen atoms in total. The van der Waals surface area contributed by atoms with E-state index in [4.69, 9.17) is 10.2 Å². The number of nitrogens with zero attached hydrogens (tertiary/aromatic N) is 3. The van der Waals surface area contributed by atoms with Crippen molar-refractivity contribution in [1.82, 2.24) is 20.1 Å². The molecule has 0 saturated heterocycles. The van der Waals surface area contributed by atoms with Gasteiger partial charge in [-0.3, -0.25) is 14.7 Å². The van der Waals surface area contributed by atoms with Crippen LogP contribution in [0.4, 0.5) is 4.79 Å². The van der Waals surface area contributed by atoms with Crippen molar-refractivity contribution in [1.29, 1.82) is 0 Å². The van der Waals surface area contributed by atoms with Crippen molar-refractivity contribution in [3.63, 3.8) is 0 Å². The van der Waals surface area contributed by atoms with Crippen LogP contribution in [-0.2, 0) is 11.3 Å². The number of carbonyl (C=O) groups excluding carboxylic acids is 2. The number of furan rings is 1. The van der Waals surface area contributed by atoms with Gasteiger partial charge < -0.3 is 10.2 Å². The van der Waals surface area contributed by atoms with E-state index in [-0.39, 0.29) is 5.92 Å². The number of amides is 3. The van der Waals surface area contributed by atoms with Crippen LogP contribution in [0.5, 0.6) is 0 Å². The lowest BCUT2D eigenvalue weighted by molar-refractivity contribution is -0.120. The number of carbonyl (C=O) groups is 2. The van der Waals surface area contributed by atoms with Crippen molar-refractivity contribution in [3.8, 4) is 11.4 Å². The van der Waals surface area contributed by atoms with E-state index >= 15 is 0 Å². The first-order chi connectivity index (χ1) is 13.9. The van der Waals surface area contributed by atoms with Crippen molar-refractivity contribution < 1.29 is 14.0 Å². The molecule has 3 aromatic rings. The SMILES string of the molecule is Cc1occc1-c1nnc(S[C@H](C(=O)NC(N)=O)C(C)C)n1Cc1ccccc1. The monoisotopic (exact) mass is 413 g/mol. The maximum absolute atomic E-state index is 12.5. The zero-order valence-electron chi connectivity index (χ0n) is 16.5. The number of nitrogens with one attached hydrogen (secondary N) is 1. The topological polar surface area (TPSA) is 116 Å². The van der Waals surface area contributed by atoms with Crippen LogP contribution in [0.1, 0.15) is 25.2 Å². The van der Waals surface area contributed by atoms with Crippen molar-refractivity contribution in [2.24, 2.45) is 11.7 Å². The number of thioether (sulfide) groups is 1. The maximum atomic E-state index is 12.5. The second-order valence-corrected chi connectivity index (χ2v) is 8.01. The molecule has 1 aromatic carbocycles. The van der Waals surface area contributed by atoms with E-state index in [1.54, 1.807) is 6.26 Å². The minimum atomic E-state index is -0.873. The Balaban J connectivity index is 1.99. The summed E-state index contributed by atoms with van der Waals surface area (Å²) in [5.74, 6) is 0.878. The Morgan fingerprint density at radius 1 is 1.21 bits per heavy atom. The fraction of sp³-hybridized carbons (Fsp3) is 0.300. The number of urea groups is 1. The summed E-state index contributed by atoms with van der Waals surface area (Å²) in [6, 6.07) is 10.9. The highest BCUT2D eigenvalue weighted by Gasteiger charge is 2.28. The lowest BCUT2D eigenvalue weighted by atomic mass is 10.1. The lowest BCUT2D eigenvalue weighted by Gasteiger charge is -2.19. The third-order valence-corrected chi connectivity index (χ3v) is 5.87. The average molecular weight is 414 g/mol. The molecule has 29 heavy (non-hydrogen) atoms. The minimum Gasteiger partial charge on any atom is -0.469 e. The quantitative estimate of drug-likeness (QED) is 0.575. The number of hydrogen-bond acceptors (Lipinski definition) is 6. The van der Waals surface area contributed by atoms with E-state index < -0.39 is 17.2 Å². The van der Waals surface area contributed by atoms with Crippen LogP contribution in [0.2, 0.25) is 0 Å². The molecule has 0 spiro atoms. The molecule has 0 radical (unpaired) electrons. The Morgan fingerprint density at radius 3 is 2.52 bits per heavy atom. The molecule has 3 rings (SSSR count). The summed E-state index contributed by atoms with van der Waals surface area (Å²) in [5.41, 5.74) is 7.02. The number of aryl methyl sites for hydroxylation is 1. The molecular weight excluding hydrogens is 390 g/mol. The van der Waals surface area contributed by atoms with Crippen molar-refractivity contribution >= 4 is 23.7 Å². The summed E-state index contributed by atoms with van der Waals surface area (Å²) in [6.45, 7) is 6.19. The highest BCUT2D eigenvalue weighted by Crippen LogP contribution is 2.32. The molecule has 0 bridgehead atoms. The van der Waals surface area contributed by atoms with Crippen LogP contribution < -0.4 is 11.1 Å². The van der Waals surface area contributed by atoms with Crippen molar-refractivity contribution in [2.45, 2.75) is 37.7 Å². The van der Waals surface area contributed by atoms with Crippen molar-refractivity contribution in [2.75, 3.05) is 0 Å². The maximum Gasteiger partial charge on any atom is 0.318 e. The van der Waals surface area contributed by atoms with Crippen LogP contribution in [0, 0.1) is 12.8 Å². The van der Waals surface area contributed by atoms with Gasteiger partial charge in [-0.15, -0.1) is 10.2 Å². The van der Waals surface area contributed by atoms with Gasteiger partial charge in [0.25, 0.3) is 0 Å². The smallest absolute Gasteiger partial charge is 0.318 e. The summed E-state index contributed by atoms with van der Waals surface area (Å²) in [4.78, 5) is 23.6. The van der Waals surface area contributed by atoms with E-state index in [1.165, 1.54) is 11.8 Å². The van der Waals surface area contributed by atoms with Gasteiger partial charge in [0.2, 0.25) is 5.91 Å². The molecule has 3 amide bonds. The van der Waals surface area contributed by atoms with E-state index in [1.807, 2.05) is 61.7 Å². The Bertz CT molecular complexity index is 997. The Morgan fingerprint density at radius 2 is 1.93 bits per heavy atom. The molecule has 152 valence electrons. The second-order valence-electron chi connectivity index (χ2n) is 6.90. The summed E-state index contributed by atoms with van der Waals surface area (Å²) < 4.78 is 7.38. The molecule has 2 heterocycles. The van der Waals surface area contributed by atoms with E-state index in [2.05, 4.69) is 15.5 Å². The fourth-order valence-electron chi connectivity index (χ4n) is 2.90. The van der Waals surface area contributed by atoms with Gasteiger partial charge in [0.05, 0.1) is 23.6 Å². The van der Waals surface area contributed by atoms with Gasteiger partial charge in [-0.05, 0) is 24.5 Å². The van der Waals surface area contributed by atoms with Crippen LogP contribution in [0.15, 0.2) is 52.2 Å². The zero-order valence-corrected chi connectivity index (χ0v) is 17.3. The third kappa shape index (κ3) is 4.86. The predicted octanol–water partition coefficient (Wildman–Crippen LogP) is 3.21. The Hall–Kier alpha value is -3.07. The van der Waals surface area contributed by atoms with Gasteiger partial charge >= 0.3 is 6.03 Å². The summed E-state index contributed by atoms with van der Waals surface area (Å²) in [5, 5.41) is 10.9. The van der Waals surface area contributed by atoms with Gasteiger partial charge in [-0.2, -0.15) is 0 Å². The first-order valence-corrected chi connectivity index (χ1v) is 10.0. The van der Waals surface area contributed by atoms with Gasteiger partial charge in [0.15, 0.2) is 11.0 Å². The highest BCUT2D eigenvalue weighted by molar-refractivity contribution is 8.00. The number of nitrogens with two attached hydrogens (primary N) is 1. The first kappa shape index (κ1) is 20.7. The van der Waals surface area contributed by atoms with Gasteiger partial charge in [0.1, 0.15) is 5.76 Å². The number of primary amides is 1. The van der Waals surface area contributed by atoms with Gasteiger partial charge in [-0.1, -0.05) is 55.9 Å². The van der Waals surface area contributed by atoms with Gasteiger partial charge in [-0.25, -0.2) is 4.79 Å². The predicted molar refractivity (Wildman–Crippen MR) is 110 cm³/mol. The van der Waals surface area contributed by atoms with Crippen molar-refractivity contribution in [3.05, 3.63) is 54.0 Å². The number of hydrogen-bond donors (Lipinski definition) is 2. The Kier molecular flexibility index (Phi) is 6.38. The highest BCUT2D eigenvalue weighted by atomic mass is 32.2. The fourth-order valence-corrected chi connectivity index (χ4v) is 3.93. The van der Waals surface area contributed by atoms with Crippen LogP contribution in [0.3, 0.4) is 0 Å². The van der Waals surface area contributed by atoms with Crippen LogP contribution >= 0.6 is 11.8 Å². The molecule has 9 heteroatoms. The molecule has 0 saturated carbocycles. The normalized spacial score (nSPS) is 12.1. The standard InChI is InChI=1S/C20H23N5O3S/c1-12(2)16(18(26)22-19(21)27)29-20-24-23-17(15-9-10-28-13(15)3)25(20)11-14-7-5-4-6-8-14/h4-10,12,16H,11H2,1-3H3,(H3,21,22,26,27)/t16-/m0/s1. The molecule has 1 atom stereocenters. The third-order valence-electron chi connectivity index (χ3n) is 4.34. The van der Waals surface area contributed by atoms with E-state index in [0.29, 0.717) is 17.5 Å². The summed E-state index contributed by atoms with van der Waals surface area (Å²) >= 11 is 1.26. The molecule has 3 N–H and O–H groups in total. The number of imide groups is 1. The molecular formula is C20H23N5O3S. The zero-order chi connectivity index (χ0) is 21.0. The van der Waals surface area contributed by atoms with E-state index in [0.717, 1.165) is 16.9 Å². The van der Waals surface area contributed by atoms with E-state index in [9.17, 15) is 9.59 Å².